The SMILES string of the molecule is CCOc1cc(C(=O)N(CCCN(C)C)c2nc3c(Cl)cccc3s2)cc(OCC)c1OCC.Cl. The summed E-state index contributed by atoms with van der Waals surface area (Å²) in [5.74, 6) is 1.30. The lowest BCUT2D eigenvalue weighted by Gasteiger charge is -2.22. The third kappa shape index (κ3) is 7.13. The average molecular weight is 543 g/mol. The summed E-state index contributed by atoms with van der Waals surface area (Å²) in [6.45, 7) is 8.36. The monoisotopic (exact) mass is 541 g/mol. The normalized spacial score (nSPS) is 10.8. The molecule has 0 aliphatic rings. The predicted molar refractivity (Wildman–Crippen MR) is 147 cm³/mol. The van der Waals surface area contributed by atoms with Crippen molar-refractivity contribution in [1.29, 1.82) is 0 Å². The molecular weight excluding hydrogens is 509 g/mol. The zero-order valence-corrected chi connectivity index (χ0v) is 23.2. The number of thiazole rings is 1. The molecule has 0 spiro atoms. The van der Waals surface area contributed by atoms with Crippen LogP contribution in [0.4, 0.5) is 5.13 Å². The summed E-state index contributed by atoms with van der Waals surface area (Å²) in [6.07, 6.45) is 0.788. The second-order valence-electron chi connectivity index (χ2n) is 7.80. The highest BCUT2D eigenvalue weighted by Gasteiger charge is 2.25. The first kappa shape index (κ1) is 29.0. The molecule has 0 bridgehead atoms. The van der Waals surface area contributed by atoms with Crippen LogP contribution in [-0.2, 0) is 0 Å². The fourth-order valence-electron chi connectivity index (χ4n) is 3.52. The van der Waals surface area contributed by atoms with Gasteiger partial charge in [0.25, 0.3) is 5.91 Å². The second kappa shape index (κ2) is 13.7. The Balaban J connectivity index is 0.00000432. The quantitative estimate of drug-likeness (QED) is 0.273. The fourth-order valence-corrected chi connectivity index (χ4v) is 4.81. The molecule has 7 nitrogen and oxygen atoms in total. The van der Waals surface area contributed by atoms with E-state index in [1.807, 2.05) is 47.0 Å². The number of fused-ring (bicyclic) bond motifs is 1. The van der Waals surface area contributed by atoms with Crippen LogP contribution < -0.4 is 19.1 Å². The predicted octanol–water partition coefficient (Wildman–Crippen LogP) is 6.17. The maximum Gasteiger partial charge on any atom is 0.260 e. The number of carbonyl (C=O) groups excluding carboxylic acids is 1. The number of amides is 1. The number of para-hydroxylation sites is 1. The van der Waals surface area contributed by atoms with Crippen LogP contribution in [0.3, 0.4) is 0 Å². The summed E-state index contributed by atoms with van der Waals surface area (Å²) in [7, 11) is 4.03. The van der Waals surface area contributed by atoms with Gasteiger partial charge in [-0.05, 0) is 72.1 Å². The number of benzene rings is 2. The first-order valence-corrected chi connectivity index (χ1v) is 12.7. The maximum atomic E-state index is 13.9. The topological polar surface area (TPSA) is 64.1 Å². The third-order valence-corrected chi connectivity index (χ3v) is 6.33. The Morgan fingerprint density at radius 3 is 2.17 bits per heavy atom. The van der Waals surface area contributed by atoms with Crippen LogP contribution in [0.1, 0.15) is 37.6 Å². The van der Waals surface area contributed by atoms with E-state index in [0.717, 1.165) is 17.7 Å². The van der Waals surface area contributed by atoms with E-state index in [2.05, 4.69) is 4.90 Å². The summed E-state index contributed by atoms with van der Waals surface area (Å²) < 4.78 is 18.4. The van der Waals surface area contributed by atoms with Crippen molar-refractivity contribution in [1.82, 2.24) is 9.88 Å². The first-order chi connectivity index (χ1) is 16.4. The van der Waals surface area contributed by atoms with Crippen molar-refractivity contribution in [2.45, 2.75) is 27.2 Å². The highest BCUT2D eigenvalue weighted by atomic mass is 35.5. The molecule has 0 N–H and O–H groups in total. The van der Waals surface area contributed by atoms with E-state index in [-0.39, 0.29) is 18.3 Å². The lowest BCUT2D eigenvalue weighted by atomic mass is 10.1. The van der Waals surface area contributed by atoms with Crippen molar-refractivity contribution < 1.29 is 19.0 Å². The Bertz CT molecular complexity index is 1100. The Morgan fingerprint density at radius 2 is 1.63 bits per heavy atom. The van der Waals surface area contributed by atoms with E-state index in [9.17, 15) is 4.79 Å². The number of nitrogens with zero attached hydrogens (tertiary/aromatic N) is 3. The fraction of sp³-hybridized carbons (Fsp3) is 0.440. The average Bonchev–Trinajstić information content (AvgIpc) is 3.24. The molecule has 0 aliphatic heterocycles. The largest absolute Gasteiger partial charge is 0.490 e. The van der Waals surface area contributed by atoms with E-state index in [0.29, 0.717) is 64.8 Å². The lowest BCUT2D eigenvalue weighted by Crippen LogP contribution is -2.33. The molecule has 0 saturated heterocycles. The summed E-state index contributed by atoms with van der Waals surface area (Å²) >= 11 is 7.81. The van der Waals surface area contributed by atoms with Crippen LogP contribution in [0.2, 0.25) is 5.02 Å². The van der Waals surface area contributed by atoms with Crippen LogP contribution in [0.5, 0.6) is 17.2 Å². The molecule has 0 atom stereocenters. The van der Waals surface area contributed by atoms with Crippen molar-refractivity contribution in [2.75, 3.05) is 51.9 Å². The van der Waals surface area contributed by atoms with Crippen LogP contribution in [0, 0.1) is 0 Å². The number of hydrogen-bond acceptors (Lipinski definition) is 7. The van der Waals surface area contributed by atoms with Gasteiger partial charge in [0, 0.05) is 12.1 Å². The highest BCUT2D eigenvalue weighted by Crippen LogP contribution is 2.40. The van der Waals surface area contributed by atoms with Crippen molar-refractivity contribution in [3.63, 3.8) is 0 Å². The van der Waals surface area contributed by atoms with E-state index in [4.69, 9.17) is 30.8 Å². The minimum absolute atomic E-state index is 0. The van der Waals surface area contributed by atoms with Gasteiger partial charge in [0.05, 0.1) is 29.5 Å². The number of hydrogen-bond donors (Lipinski definition) is 0. The molecule has 192 valence electrons. The van der Waals surface area contributed by atoms with Crippen LogP contribution in [-0.4, -0.2) is 62.8 Å². The highest BCUT2D eigenvalue weighted by molar-refractivity contribution is 7.22. The molecule has 0 aliphatic carbocycles. The number of halogens is 2. The smallest absolute Gasteiger partial charge is 0.260 e. The molecule has 0 fully saturated rings. The zero-order valence-electron chi connectivity index (χ0n) is 20.8. The van der Waals surface area contributed by atoms with Crippen molar-refractivity contribution in [3.05, 3.63) is 40.9 Å². The molecule has 2 aromatic carbocycles. The van der Waals surface area contributed by atoms with Gasteiger partial charge in [0.2, 0.25) is 5.75 Å². The molecule has 3 aromatic rings. The number of rotatable bonds is 12. The van der Waals surface area contributed by atoms with Gasteiger partial charge in [-0.2, -0.15) is 0 Å². The van der Waals surface area contributed by atoms with Gasteiger partial charge in [-0.25, -0.2) is 4.98 Å². The zero-order chi connectivity index (χ0) is 24.7. The minimum Gasteiger partial charge on any atom is -0.490 e. The molecule has 10 heteroatoms. The van der Waals surface area contributed by atoms with E-state index < -0.39 is 0 Å². The lowest BCUT2D eigenvalue weighted by molar-refractivity contribution is 0.0985. The second-order valence-corrected chi connectivity index (χ2v) is 9.21. The molecule has 0 unspecified atom stereocenters. The van der Waals surface area contributed by atoms with Crippen molar-refractivity contribution >= 4 is 56.6 Å². The van der Waals surface area contributed by atoms with E-state index in [1.165, 1.54) is 11.3 Å². The molecule has 1 amide bonds. The molecule has 35 heavy (non-hydrogen) atoms. The van der Waals surface area contributed by atoms with Gasteiger partial charge in [-0.1, -0.05) is 29.0 Å². The summed E-state index contributed by atoms with van der Waals surface area (Å²) in [5, 5.41) is 1.18. The molecule has 0 saturated carbocycles. The number of anilines is 1. The van der Waals surface area contributed by atoms with Gasteiger partial charge >= 0.3 is 0 Å². The molecule has 0 radical (unpaired) electrons. The third-order valence-electron chi connectivity index (χ3n) is 4.98. The van der Waals surface area contributed by atoms with Crippen LogP contribution >= 0.6 is 35.3 Å². The summed E-state index contributed by atoms with van der Waals surface area (Å²) in [5.41, 5.74) is 1.15. The van der Waals surface area contributed by atoms with Gasteiger partial charge in [0.1, 0.15) is 5.52 Å². The molecular formula is C25H33Cl2N3O4S. The van der Waals surface area contributed by atoms with Gasteiger partial charge in [-0.15, -0.1) is 12.4 Å². The Morgan fingerprint density at radius 1 is 1.00 bits per heavy atom. The van der Waals surface area contributed by atoms with Gasteiger partial charge < -0.3 is 19.1 Å². The van der Waals surface area contributed by atoms with E-state index in [1.54, 1.807) is 23.1 Å². The number of carbonyl (C=O) groups is 1. The Labute approximate surface area is 222 Å². The Hall–Kier alpha value is -2.26. The van der Waals surface area contributed by atoms with Gasteiger partial charge in [-0.3, -0.25) is 9.69 Å². The van der Waals surface area contributed by atoms with Gasteiger partial charge in [0.15, 0.2) is 16.6 Å². The van der Waals surface area contributed by atoms with Crippen LogP contribution in [0.25, 0.3) is 10.2 Å². The van der Waals surface area contributed by atoms with Crippen molar-refractivity contribution in [2.24, 2.45) is 0 Å². The summed E-state index contributed by atoms with van der Waals surface area (Å²) in [6, 6.07) is 9.10. The van der Waals surface area contributed by atoms with E-state index >= 15 is 0 Å². The minimum atomic E-state index is -0.182. The first-order valence-electron chi connectivity index (χ1n) is 11.5. The Kier molecular flexibility index (Phi) is 11.4. The molecule has 3 rings (SSSR count). The van der Waals surface area contributed by atoms with Crippen molar-refractivity contribution in [3.8, 4) is 17.2 Å². The summed E-state index contributed by atoms with van der Waals surface area (Å²) in [4.78, 5) is 22.4. The number of aromatic nitrogens is 1. The molecule has 1 aromatic heterocycles. The van der Waals surface area contributed by atoms with Crippen LogP contribution in [0.15, 0.2) is 30.3 Å². The molecule has 1 heterocycles. The standard InChI is InChI=1S/C25H32ClN3O4S.ClH/c1-6-31-19-15-17(16-20(32-7-2)23(19)33-8-3)24(30)29(14-10-13-28(4)5)25-27-22-18(26)11-9-12-21(22)34-25;/h9,11-12,15-16H,6-8,10,13-14H2,1-5H3;1H. The number of ether oxygens (including phenoxy) is 3. The maximum absolute atomic E-state index is 13.9.